The second-order valence-electron chi connectivity index (χ2n) is 7.55. The van der Waals surface area contributed by atoms with Gasteiger partial charge < -0.3 is 9.47 Å². The van der Waals surface area contributed by atoms with E-state index < -0.39 is 0 Å². The summed E-state index contributed by atoms with van der Waals surface area (Å²) in [5, 5.41) is 0.0397. The van der Waals surface area contributed by atoms with Crippen molar-refractivity contribution >= 4 is 39.3 Å². The van der Waals surface area contributed by atoms with Crippen LogP contribution in [-0.4, -0.2) is 17.7 Å². The standard InChI is InChI=1S/C29H26O2S3/c1-30-25-19-11-9-17-23(25)27(21-13-5-3-6-14-21)33-29(32)34-28(22-15-7-4-8-16-22)24-18-10-12-20-26(24)31-2/h3-20,27-28H,1-2H3. The van der Waals surface area contributed by atoms with Crippen molar-refractivity contribution in [1.29, 1.82) is 0 Å². The molecule has 0 aromatic heterocycles. The molecule has 0 saturated heterocycles. The zero-order chi connectivity index (χ0) is 23.8. The first-order valence-electron chi connectivity index (χ1n) is 10.9. The van der Waals surface area contributed by atoms with E-state index in [1.807, 2.05) is 48.5 Å². The van der Waals surface area contributed by atoms with E-state index in [1.165, 1.54) is 11.1 Å². The first kappa shape index (κ1) is 24.4. The van der Waals surface area contributed by atoms with Crippen LogP contribution >= 0.6 is 35.7 Å². The van der Waals surface area contributed by atoms with Crippen LogP contribution < -0.4 is 9.47 Å². The smallest absolute Gasteiger partial charge is 0.123 e. The van der Waals surface area contributed by atoms with Crippen LogP contribution in [-0.2, 0) is 0 Å². The zero-order valence-corrected chi connectivity index (χ0v) is 21.5. The Bertz CT molecular complexity index is 1120. The fourth-order valence-corrected chi connectivity index (χ4v) is 6.86. The molecule has 4 rings (SSSR count). The molecule has 0 aliphatic carbocycles. The number of hydrogen-bond donors (Lipinski definition) is 0. The van der Waals surface area contributed by atoms with Gasteiger partial charge in [-0.3, -0.25) is 0 Å². The topological polar surface area (TPSA) is 18.5 Å². The molecular weight excluding hydrogens is 477 g/mol. The average Bonchev–Trinajstić information content (AvgIpc) is 2.91. The Morgan fingerprint density at radius 2 is 0.912 bits per heavy atom. The van der Waals surface area contributed by atoms with Gasteiger partial charge in [0.1, 0.15) is 15.0 Å². The van der Waals surface area contributed by atoms with E-state index in [-0.39, 0.29) is 10.5 Å². The van der Waals surface area contributed by atoms with E-state index in [4.69, 9.17) is 21.7 Å². The second-order valence-corrected chi connectivity index (χ2v) is 11.0. The number of para-hydroxylation sites is 2. The van der Waals surface area contributed by atoms with Crippen molar-refractivity contribution in [3.8, 4) is 11.5 Å². The van der Waals surface area contributed by atoms with Gasteiger partial charge in [0.15, 0.2) is 0 Å². The van der Waals surface area contributed by atoms with E-state index in [0.29, 0.717) is 0 Å². The molecule has 2 atom stereocenters. The monoisotopic (exact) mass is 502 g/mol. The number of thiocarbonyl (C=S) groups is 1. The minimum Gasteiger partial charge on any atom is -0.496 e. The molecule has 0 bridgehead atoms. The fourth-order valence-electron chi connectivity index (χ4n) is 3.86. The van der Waals surface area contributed by atoms with Crippen LogP contribution in [0.25, 0.3) is 0 Å². The lowest BCUT2D eigenvalue weighted by molar-refractivity contribution is 0.410. The van der Waals surface area contributed by atoms with E-state index in [2.05, 4.69) is 60.7 Å². The summed E-state index contributed by atoms with van der Waals surface area (Å²) >= 11 is 9.38. The van der Waals surface area contributed by atoms with Crippen LogP contribution in [0.2, 0.25) is 0 Å². The van der Waals surface area contributed by atoms with Gasteiger partial charge in [0.25, 0.3) is 0 Å². The summed E-state index contributed by atoms with van der Waals surface area (Å²) < 4.78 is 12.3. The Labute approximate surface area is 215 Å². The molecule has 0 aliphatic rings. The normalized spacial score (nSPS) is 12.5. The summed E-state index contributed by atoms with van der Waals surface area (Å²) in [6, 6.07) is 37.2. The molecule has 5 heteroatoms. The molecule has 4 aromatic rings. The maximum atomic E-state index is 6.01. The summed E-state index contributed by atoms with van der Waals surface area (Å²) in [5.74, 6) is 1.72. The number of methoxy groups -OCH3 is 2. The van der Waals surface area contributed by atoms with Gasteiger partial charge in [-0.15, -0.1) is 0 Å². The number of benzene rings is 4. The van der Waals surface area contributed by atoms with Crippen LogP contribution in [0.15, 0.2) is 109 Å². The van der Waals surface area contributed by atoms with E-state index in [1.54, 1.807) is 37.7 Å². The first-order chi connectivity index (χ1) is 16.7. The van der Waals surface area contributed by atoms with Gasteiger partial charge in [-0.25, -0.2) is 0 Å². The third kappa shape index (κ3) is 5.84. The number of hydrogen-bond acceptors (Lipinski definition) is 5. The predicted molar refractivity (Wildman–Crippen MR) is 150 cm³/mol. The van der Waals surface area contributed by atoms with Gasteiger partial charge in [0.2, 0.25) is 0 Å². The van der Waals surface area contributed by atoms with Crippen molar-refractivity contribution in [2.24, 2.45) is 0 Å². The van der Waals surface area contributed by atoms with Gasteiger partial charge >= 0.3 is 0 Å². The van der Waals surface area contributed by atoms with Crippen LogP contribution in [0.4, 0.5) is 0 Å². The summed E-state index contributed by atoms with van der Waals surface area (Å²) in [5.41, 5.74) is 4.59. The van der Waals surface area contributed by atoms with E-state index >= 15 is 0 Å². The Hall–Kier alpha value is -2.73. The molecule has 0 aliphatic heterocycles. The summed E-state index contributed by atoms with van der Waals surface area (Å²) in [7, 11) is 3.43. The highest BCUT2D eigenvalue weighted by atomic mass is 32.2. The lowest BCUT2D eigenvalue weighted by Crippen LogP contribution is -2.05. The van der Waals surface area contributed by atoms with Gasteiger partial charge in [-0.2, -0.15) is 0 Å². The minimum atomic E-state index is 0.0199. The lowest BCUT2D eigenvalue weighted by Gasteiger charge is -2.23. The lowest BCUT2D eigenvalue weighted by atomic mass is 10.0. The number of ether oxygens (including phenoxy) is 2. The Balaban J connectivity index is 1.67. The van der Waals surface area contributed by atoms with Crippen molar-refractivity contribution < 1.29 is 9.47 Å². The third-order valence-corrected chi connectivity index (χ3v) is 8.54. The van der Waals surface area contributed by atoms with Crippen molar-refractivity contribution in [2.75, 3.05) is 14.2 Å². The minimum absolute atomic E-state index is 0.0199. The average molecular weight is 503 g/mol. The SMILES string of the molecule is COc1ccccc1C(SC(=S)SC(c1ccccc1)c1ccccc1OC)c1ccccc1. The highest BCUT2D eigenvalue weighted by molar-refractivity contribution is 8.47. The Kier molecular flexibility index (Phi) is 8.69. The Morgan fingerprint density at radius 3 is 1.29 bits per heavy atom. The van der Waals surface area contributed by atoms with Crippen molar-refractivity contribution in [3.63, 3.8) is 0 Å². The fraction of sp³-hybridized carbons (Fsp3) is 0.138. The van der Waals surface area contributed by atoms with Gasteiger partial charge in [0.05, 0.1) is 24.7 Å². The maximum absolute atomic E-state index is 6.01. The molecule has 2 nitrogen and oxygen atoms in total. The van der Waals surface area contributed by atoms with Crippen LogP contribution in [0, 0.1) is 0 Å². The molecule has 0 amide bonds. The number of thioether (sulfide) groups is 2. The molecule has 0 N–H and O–H groups in total. The van der Waals surface area contributed by atoms with Gasteiger partial charge in [-0.1, -0.05) is 133 Å². The van der Waals surface area contributed by atoms with E-state index in [9.17, 15) is 0 Å². The predicted octanol–water partition coefficient (Wildman–Crippen LogP) is 8.33. The zero-order valence-electron chi connectivity index (χ0n) is 19.1. The van der Waals surface area contributed by atoms with Gasteiger partial charge in [0, 0.05) is 11.1 Å². The summed E-state index contributed by atoms with van der Waals surface area (Å²) in [6.07, 6.45) is 0. The molecule has 0 spiro atoms. The molecule has 34 heavy (non-hydrogen) atoms. The molecule has 0 saturated carbocycles. The molecule has 2 unspecified atom stereocenters. The molecule has 172 valence electrons. The molecule has 0 fully saturated rings. The van der Waals surface area contributed by atoms with Crippen LogP contribution in [0.1, 0.15) is 32.8 Å². The van der Waals surface area contributed by atoms with E-state index in [0.717, 1.165) is 26.2 Å². The van der Waals surface area contributed by atoms with Gasteiger partial charge in [-0.05, 0) is 23.3 Å². The molecule has 4 aromatic carbocycles. The highest BCUT2D eigenvalue weighted by Crippen LogP contribution is 2.48. The molecule has 0 radical (unpaired) electrons. The Morgan fingerprint density at radius 1 is 0.559 bits per heavy atom. The summed E-state index contributed by atoms with van der Waals surface area (Å²) in [6.45, 7) is 0. The maximum Gasteiger partial charge on any atom is 0.123 e. The van der Waals surface area contributed by atoms with Crippen molar-refractivity contribution in [3.05, 3.63) is 131 Å². The first-order valence-corrected chi connectivity index (χ1v) is 13.1. The number of rotatable bonds is 8. The van der Waals surface area contributed by atoms with Crippen molar-refractivity contribution in [1.82, 2.24) is 0 Å². The molecular formula is C29H26O2S3. The van der Waals surface area contributed by atoms with Crippen molar-refractivity contribution in [2.45, 2.75) is 10.5 Å². The largest absolute Gasteiger partial charge is 0.496 e. The highest BCUT2D eigenvalue weighted by Gasteiger charge is 2.25. The van der Waals surface area contributed by atoms with Crippen LogP contribution in [0.3, 0.4) is 0 Å². The molecule has 0 heterocycles. The quantitative estimate of drug-likeness (QED) is 0.225. The second kappa shape index (κ2) is 12.1. The van der Waals surface area contributed by atoms with Crippen LogP contribution in [0.5, 0.6) is 11.5 Å². The third-order valence-electron chi connectivity index (χ3n) is 5.48. The summed E-state index contributed by atoms with van der Waals surface area (Å²) in [4.78, 5) is 0.